The molecule has 0 saturated heterocycles. The first-order valence-corrected chi connectivity index (χ1v) is 11.2. The van der Waals surface area contributed by atoms with E-state index in [1.54, 1.807) is 11.8 Å². The third-order valence-electron chi connectivity index (χ3n) is 5.57. The summed E-state index contributed by atoms with van der Waals surface area (Å²) in [5.41, 5.74) is 6.83. The normalized spacial score (nSPS) is 10.7. The lowest BCUT2D eigenvalue weighted by Gasteiger charge is -2.26. The summed E-state index contributed by atoms with van der Waals surface area (Å²) in [5.74, 6) is -0.379. The zero-order valence-corrected chi connectivity index (χ0v) is 20.0. The van der Waals surface area contributed by atoms with Crippen LogP contribution in [-0.2, 0) is 22.6 Å². The van der Waals surface area contributed by atoms with Crippen LogP contribution < -0.4 is 27.2 Å². The van der Waals surface area contributed by atoms with E-state index in [4.69, 9.17) is 10.5 Å². The van der Waals surface area contributed by atoms with Crippen molar-refractivity contribution in [1.29, 1.82) is 0 Å². The summed E-state index contributed by atoms with van der Waals surface area (Å²) in [6.07, 6.45) is -0.0145. The maximum absolute atomic E-state index is 12.8. The van der Waals surface area contributed by atoms with Crippen LogP contribution in [0.25, 0.3) is 0 Å². The Morgan fingerprint density at radius 3 is 2.58 bits per heavy atom. The monoisotopic (exact) mass is 496 g/mol. The number of nitrogens with two attached hydrogens (primary N) is 1. The van der Waals surface area contributed by atoms with Crippen LogP contribution in [0, 0.1) is 17.0 Å². The number of nitrogen functional groups attached to an aromatic ring is 1. The molecule has 0 aliphatic rings. The van der Waals surface area contributed by atoms with Crippen molar-refractivity contribution in [2.24, 2.45) is 0 Å². The highest BCUT2D eigenvalue weighted by atomic mass is 16.6. The average molecular weight is 497 g/mol. The molecule has 0 spiro atoms. The van der Waals surface area contributed by atoms with Crippen molar-refractivity contribution in [3.8, 4) is 0 Å². The third-order valence-corrected chi connectivity index (χ3v) is 5.57. The minimum atomic E-state index is -0.659. The second kappa shape index (κ2) is 11.8. The number of hydrogen-bond acceptors (Lipinski definition) is 8. The number of rotatable bonds is 11. The zero-order valence-electron chi connectivity index (χ0n) is 20.0. The van der Waals surface area contributed by atoms with Crippen molar-refractivity contribution < 1.29 is 14.5 Å². The first-order chi connectivity index (χ1) is 17.2. The van der Waals surface area contributed by atoms with Gasteiger partial charge in [0.15, 0.2) is 0 Å². The number of benzene rings is 2. The van der Waals surface area contributed by atoms with Crippen LogP contribution >= 0.6 is 0 Å². The molecule has 190 valence electrons. The zero-order chi connectivity index (χ0) is 26.2. The molecule has 1 heterocycles. The SMILES string of the molecule is COCCn1c(N)c(N(CCC(=O)Nc2ccc([N+](=O)[O-])cc2C)Cc2ccccc2)c(=O)[nH]c1=O. The maximum atomic E-state index is 12.8. The number of anilines is 3. The van der Waals surface area contributed by atoms with E-state index in [0.29, 0.717) is 11.3 Å². The van der Waals surface area contributed by atoms with E-state index in [1.165, 1.54) is 29.9 Å². The molecule has 3 rings (SSSR count). The highest BCUT2D eigenvalue weighted by Gasteiger charge is 2.20. The average Bonchev–Trinajstić information content (AvgIpc) is 2.84. The van der Waals surface area contributed by atoms with E-state index in [1.807, 2.05) is 30.3 Å². The van der Waals surface area contributed by atoms with Gasteiger partial charge in [-0.15, -0.1) is 0 Å². The molecular formula is C24H28N6O6. The second-order valence-corrected chi connectivity index (χ2v) is 8.10. The number of amides is 1. The van der Waals surface area contributed by atoms with Crippen LogP contribution in [0.4, 0.5) is 22.9 Å². The topological polar surface area (TPSA) is 166 Å². The van der Waals surface area contributed by atoms with Gasteiger partial charge in [-0.2, -0.15) is 0 Å². The van der Waals surface area contributed by atoms with Crippen LogP contribution in [0.2, 0.25) is 0 Å². The molecule has 12 heteroatoms. The number of aromatic nitrogens is 2. The Bertz CT molecular complexity index is 1350. The molecule has 0 aliphatic heterocycles. The highest BCUT2D eigenvalue weighted by Crippen LogP contribution is 2.22. The number of nitrogens with one attached hydrogen (secondary N) is 2. The molecule has 0 saturated carbocycles. The number of ether oxygens (including phenoxy) is 1. The molecule has 3 aromatic rings. The van der Waals surface area contributed by atoms with Crippen LogP contribution in [0.3, 0.4) is 0 Å². The molecule has 12 nitrogen and oxygen atoms in total. The number of carbonyl (C=O) groups is 1. The summed E-state index contributed by atoms with van der Waals surface area (Å²) < 4.78 is 6.26. The minimum absolute atomic E-state index is 0.0145. The lowest BCUT2D eigenvalue weighted by Crippen LogP contribution is -2.39. The summed E-state index contributed by atoms with van der Waals surface area (Å²) in [6, 6.07) is 13.5. The van der Waals surface area contributed by atoms with Gasteiger partial charge in [-0.05, 0) is 24.1 Å². The third kappa shape index (κ3) is 6.36. The summed E-state index contributed by atoms with van der Waals surface area (Å²) >= 11 is 0. The molecule has 2 aromatic carbocycles. The van der Waals surface area contributed by atoms with Gasteiger partial charge in [-0.1, -0.05) is 30.3 Å². The van der Waals surface area contributed by atoms with Crippen LogP contribution in [0.1, 0.15) is 17.5 Å². The van der Waals surface area contributed by atoms with Gasteiger partial charge in [0, 0.05) is 44.4 Å². The lowest BCUT2D eigenvalue weighted by atomic mass is 10.1. The number of nitro benzene ring substituents is 1. The van der Waals surface area contributed by atoms with Gasteiger partial charge in [-0.25, -0.2) is 4.79 Å². The second-order valence-electron chi connectivity index (χ2n) is 8.10. The fourth-order valence-electron chi connectivity index (χ4n) is 3.71. The standard InChI is InChI=1S/C24H28N6O6/c1-16-14-18(30(34)35)8-9-19(16)26-20(31)10-11-28(15-17-6-4-3-5-7-17)21-22(25)29(12-13-36-2)24(33)27-23(21)32/h3-9,14H,10-13,15,25H2,1-2H3,(H,26,31)(H,27,32,33). The Morgan fingerprint density at radius 2 is 1.94 bits per heavy atom. The van der Waals surface area contributed by atoms with Crippen molar-refractivity contribution in [1.82, 2.24) is 9.55 Å². The van der Waals surface area contributed by atoms with Gasteiger partial charge >= 0.3 is 5.69 Å². The quantitative estimate of drug-likeness (QED) is 0.268. The van der Waals surface area contributed by atoms with Crippen molar-refractivity contribution >= 4 is 28.8 Å². The summed E-state index contributed by atoms with van der Waals surface area (Å²) in [5, 5.41) is 13.7. The Hall–Kier alpha value is -4.45. The number of aromatic amines is 1. The number of hydrogen-bond donors (Lipinski definition) is 3. The number of non-ortho nitro benzene ring substituents is 1. The van der Waals surface area contributed by atoms with Crippen LogP contribution in [0.5, 0.6) is 0 Å². The van der Waals surface area contributed by atoms with Crippen molar-refractivity contribution in [3.63, 3.8) is 0 Å². The number of nitrogens with zero attached hydrogens (tertiary/aromatic N) is 3. The molecular weight excluding hydrogens is 468 g/mol. The smallest absolute Gasteiger partial charge is 0.330 e. The first kappa shape index (κ1) is 26.2. The lowest BCUT2D eigenvalue weighted by molar-refractivity contribution is -0.384. The molecule has 0 atom stereocenters. The predicted octanol–water partition coefficient (Wildman–Crippen LogP) is 2.02. The highest BCUT2D eigenvalue weighted by molar-refractivity contribution is 5.92. The minimum Gasteiger partial charge on any atom is -0.383 e. The van der Waals surface area contributed by atoms with Crippen LogP contribution in [-0.4, -0.2) is 40.6 Å². The van der Waals surface area contributed by atoms with Crippen molar-refractivity contribution in [3.05, 3.63) is 90.6 Å². The van der Waals surface area contributed by atoms with Gasteiger partial charge in [0.1, 0.15) is 11.5 Å². The summed E-state index contributed by atoms with van der Waals surface area (Å²) in [4.78, 5) is 52.3. The van der Waals surface area contributed by atoms with Gasteiger partial charge in [0.2, 0.25) is 5.91 Å². The van der Waals surface area contributed by atoms with Crippen molar-refractivity contribution in [2.45, 2.75) is 26.4 Å². The fourth-order valence-corrected chi connectivity index (χ4v) is 3.71. The molecule has 0 radical (unpaired) electrons. The first-order valence-electron chi connectivity index (χ1n) is 11.2. The molecule has 0 fully saturated rings. The predicted molar refractivity (Wildman–Crippen MR) is 136 cm³/mol. The number of H-pyrrole nitrogens is 1. The molecule has 36 heavy (non-hydrogen) atoms. The Balaban J connectivity index is 1.86. The van der Waals surface area contributed by atoms with E-state index in [0.717, 1.165) is 5.56 Å². The van der Waals surface area contributed by atoms with Crippen molar-refractivity contribution in [2.75, 3.05) is 36.2 Å². The summed E-state index contributed by atoms with van der Waals surface area (Å²) in [6.45, 7) is 2.39. The number of nitro groups is 1. The molecule has 1 amide bonds. The van der Waals surface area contributed by atoms with E-state index in [-0.39, 0.29) is 55.8 Å². The molecule has 0 bridgehead atoms. The maximum Gasteiger partial charge on any atom is 0.330 e. The Morgan fingerprint density at radius 1 is 1.22 bits per heavy atom. The Kier molecular flexibility index (Phi) is 8.57. The van der Waals surface area contributed by atoms with Gasteiger partial charge in [0.05, 0.1) is 18.1 Å². The number of carbonyl (C=O) groups excluding carboxylic acids is 1. The molecule has 0 aliphatic carbocycles. The largest absolute Gasteiger partial charge is 0.383 e. The number of aryl methyl sites for hydroxylation is 1. The van der Waals surface area contributed by atoms with E-state index in [9.17, 15) is 24.5 Å². The van der Waals surface area contributed by atoms with E-state index >= 15 is 0 Å². The molecule has 0 unspecified atom stereocenters. The number of methoxy groups -OCH3 is 1. The van der Waals surface area contributed by atoms with Gasteiger partial charge < -0.3 is 20.7 Å². The fraction of sp³-hybridized carbons (Fsp3) is 0.292. The van der Waals surface area contributed by atoms with Gasteiger partial charge in [-0.3, -0.25) is 29.3 Å². The summed E-state index contributed by atoms with van der Waals surface area (Å²) in [7, 11) is 1.49. The van der Waals surface area contributed by atoms with E-state index in [2.05, 4.69) is 10.3 Å². The van der Waals surface area contributed by atoms with Gasteiger partial charge in [0.25, 0.3) is 11.2 Å². The molecule has 4 N–H and O–H groups in total. The Labute approximate surface area is 206 Å². The molecule has 1 aromatic heterocycles. The van der Waals surface area contributed by atoms with E-state index < -0.39 is 16.2 Å². The van der Waals surface area contributed by atoms with Crippen LogP contribution in [0.15, 0.2) is 58.1 Å².